The summed E-state index contributed by atoms with van der Waals surface area (Å²) >= 11 is 0. The number of amides is 1. The molecule has 1 atom stereocenters. The van der Waals surface area contributed by atoms with Crippen molar-refractivity contribution >= 4 is 11.7 Å². The Balaban J connectivity index is 1.72. The zero-order valence-electron chi connectivity index (χ0n) is 12.7. The second kappa shape index (κ2) is 6.73. The number of likely N-dealkylation sites (tertiary alicyclic amines) is 1. The fraction of sp³-hybridized carbons (Fsp3) is 0.263. The minimum atomic E-state index is -0.355. The molecule has 1 aliphatic rings. The molecule has 1 aliphatic heterocycles. The van der Waals surface area contributed by atoms with Crippen molar-refractivity contribution < 1.29 is 14.0 Å². The Labute approximate surface area is 134 Å². The normalized spacial score (nSPS) is 17.8. The van der Waals surface area contributed by atoms with Crippen LogP contribution in [-0.2, 0) is 0 Å². The lowest BCUT2D eigenvalue weighted by molar-refractivity contribution is 0.0637. The van der Waals surface area contributed by atoms with Crippen LogP contribution in [0.15, 0.2) is 54.6 Å². The molecule has 3 rings (SSSR count). The SMILES string of the molecule is O=C(c1ccc(F)cc1)C1CCCN(C(=O)c2ccccc2)C1. The van der Waals surface area contributed by atoms with Gasteiger partial charge in [-0.15, -0.1) is 0 Å². The summed E-state index contributed by atoms with van der Waals surface area (Å²) in [4.78, 5) is 26.8. The Morgan fingerprint density at radius 1 is 0.957 bits per heavy atom. The fourth-order valence-corrected chi connectivity index (χ4v) is 2.99. The van der Waals surface area contributed by atoms with E-state index < -0.39 is 0 Å². The van der Waals surface area contributed by atoms with Crippen molar-refractivity contribution in [2.45, 2.75) is 12.8 Å². The van der Waals surface area contributed by atoms with Crippen LogP contribution < -0.4 is 0 Å². The van der Waals surface area contributed by atoms with E-state index in [9.17, 15) is 14.0 Å². The number of ketones is 1. The van der Waals surface area contributed by atoms with Crippen molar-refractivity contribution in [1.82, 2.24) is 4.90 Å². The lowest BCUT2D eigenvalue weighted by atomic mass is 9.89. The topological polar surface area (TPSA) is 37.4 Å². The summed E-state index contributed by atoms with van der Waals surface area (Å²) in [5.74, 6) is -0.634. The second-order valence-electron chi connectivity index (χ2n) is 5.83. The molecule has 23 heavy (non-hydrogen) atoms. The monoisotopic (exact) mass is 311 g/mol. The first-order chi connectivity index (χ1) is 11.1. The number of Topliss-reactive ketones (excluding diaryl/α,β-unsaturated/α-hetero) is 1. The van der Waals surface area contributed by atoms with Gasteiger partial charge in [0.15, 0.2) is 5.78 Å². The summed E-state index contributed by atoms with van der Waals surface area (Å²) in [6.45, 7) is 1.09. The maximum absolute atomic E-state index is 13.0. The number of halogens is 1. The number of carbonyl (C=O) groups is 2. The minimum absolute atomic E-state index is 0.0180. The summed E-state index contributed by atoms with van der Waals surface area (Å²) in [6, 6.07) is 14.7. The first-order valence-electron chi connectivity index (χ1n) is 7.79. The van der Waals surface area contributed by atoms with Gasteiger partial charge in [0.25, 0.3) is 5.91 Å². The standard InChI is InChI=1S/C19H18FNO2/c20-17-10-8-14(9-11-17)18(22)16-7-4-12-21(13-16)19(23)15-5-2-1-3-6-15/h1-3,5-6,8-11,16H,4,7,12-13H2. The molecular weight excluding hydrogens is 293 g/mol. The molecule has 1 saturated heterocycles. The molecule has 1 amide bonds. The number of benzene rings is 2. The van der Waals surface area contributed by atoms with Gasteiger partial charge in [-0.25, -0.2) is 4.39 Å². The summed E-state index contributed by atoms with van der Waals surface area (Å²) < 4.78 is 13.0. The number of nitrogens with zero attached hydrogens (tertiary/aromatic N) is 1. The van der Waals surface area contributed by atoms with Crippen LogP contribution in [0.2, 0.25) is 0 Å². The summed E-state index contributed by atoms with van der Waals surface area (Å²) in [7, 11) is 0. The first-order valence-corrected chi connectivity index (χ1v) is 7.79. The number of rotatable bonds is 3. The molecule has 1 heterocycles. The van der Waals surface area contributed by atoms with Crippen LogP contribution in [0.25, 0.3) is 0 Å². The van der Waals surface area contributed by atoms with Gasteiger partial charge in [0, 0.05) is 30.1 Å². The Morgan fingerprint density at radius 2 is 1.65 bits per heavy atom. The highest BCUT2D eigenvalue weighted by molar-refractivity contribution is 5.99. The van der Waals surface area contributed by atoms with Crippen molar-refractivity contribution in [3.05, 3.63) is 71.5 Å². The zero-order valence-corrected chi connectivity index (χ0v) is 12.7. The average Bonchev–Trinajstić information content (AvgIpc) is 2.62. The van der Waals surface area contributed by atoms with Crippen molar-refractivity contribution in [2.75, 3.05) is 13.1 Å². The van der Waals surface area contributed by atoms with Crippen molar-refractivity contribution in [1.29, 1.82) is 0 Å². The number of carbonyl (C=O) groups excluding carboxylic acids is 2. The van der Waals surface area contributed by atoms with Gasteiger partial charge in [-0.2, -0.15) is 0 Å². The van der Waals surface area contributed by atoms with Gasteiger partial charge in [-0.1, -0.05) is 18.2 Å². The van der Waals surface area contributed by atoms with E-state index in [2.05, 4.69) is 0 Å². The molecule has 1 fully saturated rings. The van der Waals surface area contributed by atoms with Gasteiger partial charge in [0.1, 0.15) is 5.82 Å². The molecule has 0 N–H and O–H groups in total. The van der Waals surface area contributed by atoms with E-state index in [-0.39, 0.29) is 23.4 Å². The maximum Gasteiger partial charge on any atom is 0.253 e. The quantitative estimate of drug-likeness (QED) is 0.813. The molecule has 0 bridgehead atoms. The molecule has 3 nitrogen and oxygen atoms in total. The molecule has 118 valence electrons. The Morgan fingerprint density at radius 3 is 2.35 bits per heavy atom. The van der Waals surface area contributed by atoms with Crippen molar-refractivity contribution in [3.63, 3.8) is 0 Å². The summed E-state index contributed by atoms with van der Waals surface area (Å²) in [5.41, 5.74) is 1.15. The molecule has 0 aromatic heterocycles. The number of piperidine rings is 1. The predicted octanol–water partition coefficient (Wildman–Crippen LogP) is 3.56. The third-order valence-corrected chi connectivity index (χ3v) is 4.23. The third kappa shape index (κ3) is 3.47. The highest BCUT2D eigenvalue weighted by Crippen LogP contribution is 2.22. The first kappa shape index (κ1) is 15.4. The molecular formula is C19H18FNO2. The van der Waals surface area contributed by atoms with E-state index in [0.29, 0.717) is 24.2 Å². The van der Waals surface area contributed by atoms with E-state index in [1.807, 2.05) is 18.2 Å². The molecule has 1 unspecified atom stereocenters. The molecule has 0 spiro atoms. The number of hydrogen-bond donors (Lipinski definition) is 0. The largest absolute Gasteiger partial charge is 0.338 e. The van der Waals surface area contributed by atoms with Crippen LogP contribution in [0.3, 0.4) is 0 Å². The third-order valence-electron chi connectivity index (χ3n) is 4.23. The highest BCUT2D eigenvalue weighted by atomic mass is 19.1. The van der Waals surface area contributed by atoms with Crippen LogP contribution in [0.1, 0.15) is 33.6 Å². The van der Waals surface area contributed by atoms with Crippen LogP contribution in [-0.4, -0.2) is 29.7 Å². The van der Waals surface area contributed by atoms with Crippen LogP contribution >= 0.6 is 0 Å². The molecule has 0 saturated carbocycles. The van der Waals surface area contributed by atoms with E-state index in [1.165, 1.54) is 24.3 Å². The second-order valence-corrected chi connectivity index (χ2v) is 5.83. The average molecular weight is 311 g/mol. The zero-order chi connectivity index (χ0) is 16.2. The smallest absolute Gasteiger partial charge is 0.253 e. The Bertz CT molecular complexity index is 697. The van der Waals surface area contributed by atoms with E-state index >= 15 is 0 Å². The van der Waals surface area contributed by atoms with Gasteiger partial charge in [-0.05, 0) is 49.2 Å². The van der Waals surface area contributed by atoms with Gasteiger partial charge in [0.05, 0.1) is 0 Å². The van der Waals surface area contributed by atoms with Crippen molar-refractivity contribution in [2.24, 2.45) is 5.92 Å². The number of hydrogen-bond acceptors (Lipinski definition) is 2. The molecule has 0 radical (unpaired) electrons. The van der Waals surface area contributed by atoms with Crippen LogP contribution in [0, 0.1) is 11.7 Å². The van der Waals surface area contributed by atoms with Gasteiger partial charge in [0.2, 0.25) is 0 Å². The minimum Gasteiger partial charge on any atom is -0.338 e. The molecule has 2 aromatic rings. The Hall–Kier alpha value is -2.49. The summed E-state index contributed by atoms with van der Waals surface area (Å²) in [5, 5.41) is 0. The summed E-state index contributed by atoms with van der Waals surface area (Å²) in [6.07, 6.45) is 1.56. The molecule has 4 heteroatoms. The van der Waals surface area contributed by atoms with Crippen molar-refractivity contribution in [3.8, 4) is 0 Å². The maximum atomic E-state index is 13.0. The van der Waals surface area contributed by atoms with Gasteiger partial charge in [-0.3, -0.25) is 9.59 Å². The van der Waals surface area contributed by atoms with E-state index in [4.69, 9.17) is 0 Å². The predicted molar refractivity (Wildman–Crippen MR) is 85.8 cm³/mol. The molecule has 2 aromatic carbocycles. The fourth-order valence-electron chi connectivity index (χ4n) is 2.99. The van der Waals surface area contributed by atoms with E-state index in [0.717, 1.165) is 12.8 Å². The lowest BCUT2D eigenvalue weighted by Gasteiger charge is -2.32. The lowest BCUT2D eigenvalue weighted by Crippen LogP contribution is -2.42. The van der Waals surface area contributed by atoms with Gasteiger partial charge >= 0.3 is 0 Å². The van der Waals surface area contributed by atoms with Crippen LogP contribution in [0.5, 0.6) is 0 Å². The Kier molecular flexibility index (Phi) is 4.51. The molecule has 0 aliphatic carbocycles. The van der Waals surface area contributed by atoms with Crippen LogP contribution in [0.4, 0.5) is 4.39 Å². The van der Waals surface area contributed by atoms with Gasteiger partial charge < -0.3 is 4.90 Å². The highest BCUT2D eigenvalue weighted by Gasteiger charge is 2.29. The van der Waals surface area contributed by atoms with E-state index in [1.54, 1.807) is 17.0 Å².